The zero-order chi connectivity index (χ0) is 12.5. The molecule has 1 aromatic carbocycles. The molecular weight excluding hydrogens is 240 g/mol. The Morgan fingerprint density at radius 2 is 2.06 bits per heavy atom. The number of benzene rings is 1. The van der Waals surface area contributed by atoms with Gasteiger partial charge in [0.25, 0.3) is 0 Å². The van der Waals surface area contributed by atoms with E-state index in [9.17, 15) is 0 Å². The molecule has 1 atom stereocenters. The Balaban J connectivity index is 1.96. The molecule has 1 aliphatic rings. The summed E-state index contributed by atoms with van der Waals surface area (Å²) in [7, 11) is 2.20. The lowest BCUT2D eigenvalue weighted by Gasteiger charge is -2.16. The van der Waals surface area contributed by atoms with Crippen molar-refractivity contribution in [3.8, 4) is 11.3 Å². The van der Waals surface area contributed by atoms with Gasteiger partial charge < -0.3 is 0 Å². The summed E-state index contributed by atoms with van der Waals surface area (Å²) >= 11 is 1.86. The van der Waals surface area contributed by atoms with Gasteiger partial charge in [-0.15, -0.1) is 11.3 Å². The van der Waals surface area contributed by atoms with Gasteiger partial charge in [-0.1, -0.05) is 30.3 Å². The van der Waals surface area contributed by atoms with Crippen LogP contribution in [-0.4, -0.2) is 23.5 Å². The van der Waals surface area contributed by atoms with Gasteiger partial charge in [0.15, 0.2) is 0 Å². The normalized spacial score (nSPS) is 20.4. The Morgan fingerprint density at radius 1 is 1.28 bits per heavy atom. The van der Waals surface area contributed by atoms with Gasteiger partial charge >= 0.3 is 0 Å². The highest BCUT2D eigenvalue weighted by molar-refractivity contribution is 7.12. The third kappa shape index (κ3) is 2.08. The van der Waals surface area contributed by atoms with Gasteiger partial charge in [0.2, 0.25) is 0 Å². The van der Waals surface area contributed by atoms with E-state index in [1.807, 2.05) is 11.3 Å². The van der Waals surface area contributed by atoms with Crippen LogP contribution in [0.4, 0.5) is 0 Å². The van der Waals surface area contributed by atoms with Crippen LogP contribution in [0.3, 0.4) is 0 Å². The van der Waals surface area contributed by atoms with Gasteiger partial charge in [0.05, 0.1) is 11.7 Å². The van der Waals surface area contributed by atoms with Gasteiger partial charge in [-0.25, -0.2) is 4.98 Å². The van der Waals surface area contributed by atoms with E-state index in [2.05, 4.69) is 49.2 Å². The first-order chi connectivity index (χ1) is 8.75. The molecule has 1 saturated heterocycles. The molecule has 1 aliphatic heterocycles. The summed E-state index contributed by atoms with van der Waals surface area (Å²) in [6, 6.07) is 11.0. The number of likely N-dealkylation sites (tertiary alicyclic amines) is 1. The molecule has 2 nitrogen and oxygen atoms in total. The maximum absolute atomic E-state index is 4.89. The fourth-order valence-corrected chi connectivity index (χ4v) is 3.79. The first-order valence-electron chi connectivity index (χ1n) is 6.48. The van der Waals surface area contributed by atoms with Crippen LogP contribution in [0.2, 0.25) is 0 Å². The van der Waals surface area contributed by atoms with Crippen molar-refractivity contribution in [2.45, 2.75) is 25.8 Å². The van der Waals surface area contributed by atoms with Crippen molar-refractivity contribution in [1.82, 2.24) is 9.88 Å². The predicted molar refractivity (Wildman–Crippen MR) is 76.9 cm³/mol. The Morgan fingerprint density at radius 3 is 2.72 bits per heavy atom. The summed E-state index contributed by atoms with van der Waals surface area (Å²) < 4.78 is 0. The van der Waals surface area contributed by atoms with Crippen molar-refractivity contribution in [3.05, 3.63) is 40.2 Å². The molecule has 2 aromatic rings. The fraction of sp³-hybridized carbons (Fsp3) is 0.400. The second kappa shape index (κ2) is 4.82. The lowest BCUT2D eigenvalue weighted by molar-refractivity contribution is 0.317. The monoisotopic (exact) mass is 258 g/mol. The summed E-state index contributed by atoms with van der Waals surface area (Å²) in [6.45, 7) is 3.38. The van der Waals surface area contributed by atoms with Crippen molar-refractivity contribution in [2.75, 3.05) is 13.6 Å². The van der Waals surface area contributed by atoms with Crippen LogP contribution >= 0.6 is 11.3 Å². The number of rotatable bonds is 2. The molecule has 0 saturated carbocycles. The van der Waals surface area contributed by atoms with Crippen LogP contribution in [-0.2, 0) is 0 Å². The number of hydrogen-bond acceptors (Lipinski definition) is 3. The molecule has 1 fully saturated rings. The highest BCUT2D eigenvalue weighted by Crippen LogP contribution is 2.36. The van der Waals surface area contributed by atoms with E-state index in [0.717, 1.165) is 5.69 Å². The van der Waals surface area contributed by atoms with Crippen LogP contribution in [0, 0.1) is 6.92 Å². The largest absolute Gasteiger partial charge is 0.297 e. The molecule has 1 unspecified atom stereocenters. The molecule has 1 aromatic heterocycles. The van der Waals surface area contributed by atoms with Gasteiger partial charge in [-0.3, -0.25) is 4.90 Å². The first kappa shape index (κ1) is 11.9. The van der Waals surface area contributed by atoms with E-state index in [1.165, 1.54) is 34.8 Å². The van der Waals surface area contributed by atoms with Crippen molar-refractivity contribution in [1.29, 1.82) is 0 Å². The molecule has 0 amide bonds. The highest BCUT2D eigenvalue weighted by Gasteiger charge is 2.26. The second-order valence-electron chi connectivity index (χ2n) is 4.96. The molecule has 94 valence electrons. The molecule has 0 radical (unpaired) electrons. The maximum Gasteiger partial charge on any atom is 0.111 e. The number of aryl methyl sites for hydroxylation is 1. The van der Waals surface area contributed by atoms with Crippen molar-refractivity contribution in [2.24, 2.45) is 0 Å². The Bertz CT molecular complexity index is 533. The number of thiazole rings is 1. The lowest BCUT2D eigenvalue weighted by Crippen LogP contribution is -2.17. The van der Waals surface area contributed by atoms with E-state index in [-0.39, 0.29) is 0 Å². The highest BCUT2D eigenvalue weighted by atomic mass is 32.1. The van der Waals surface area contributed by atoms with E-state index in [1.54, 1.807) is 0 Å². The summed E-state index contributed by atoms with van der Waals surface area (Å²) in [5.41, 5.74) is 2.40. The van der Waals surface area contributed by atoms with Crippen LogP contribution in [0.25, 0.3) is 11.3 Å². The molecule has 3 rings (SSSR count). The Hall–Kier alpha value is -1.19. The molecule has 0 aliphatic carbocycles. The SMILES string of the molecule is Cc1sc(C2CCCN2C)nc1-c1ccccc1. The summed E-state index contributed by atoms with van der Waals surface area (Å²) in [4.78, 5) is 8.64. The van der Waals surface area contributed by atoms with Crippen LogP contribution in [0.5, 0.6) is 0 Å². The summed E-state index contributed by atoms with van der Waals surface area (Å²) in [6.07, 6.45) is 2.54. The number of nitrogens with zero attached hydrogens (tertiary/aromatic N) is 2. The van der Waals surface area contributed by atoms with Crippen LogP contribution < -0.4 is 0 Å². The van der Waals surface area contributed by atoms with Crippen LogP contribution in [0.15, 0.2) is 30.3 Å². The van der Waals surface area contributed by atoms with Crippen molar-refractivity contribution >= 4 is 11.3 Å². The summed E-state index contributed by atoms with van der Waals surface area (Å²) in [5.74, 6) is 0. The van der Waals surface area contributed by atoms with Crippen molar-refractivity contribution in [3.63, 3.8) is 0 Å². The minimum atomic E-state index is 0.533. The molecule has 2 heterocycles. The standard InChI is InChI=1S/C15H18N2S/c1-11-14(12-7-4-3-5-8-12)16-15(18-11)13-9-6-10-17(13)2/h3-5,7-8,13H,6,9-10H2,1-2H3. The van der Waals surface area contributed by atoms with Crippen molar-refractivity contribution < 1.29 is 0 Å². The Kier molecular flexibility index (Phi) is 3.18. The fourth-order valence-electron chi connectivity index (χ4n) is 2.65. The third-order valence-electron chi connectivity index (χ3n) is 3.67. The molecular formula is C15H18N2S. The van der Waals surface area contributed by atoms with Gasteiger partial charge in [-0.2, -0.15) is 0 Å². The second-order valence-corrected chi connectivity index (χ2v) is 6.20. The molecule has 0 N–H and O–H groups in total. The summed E-state index contributed by atoms with van der Waals surface area (Å²) in [5, 5.41) is 1.28. The number of aromatic nitrogens is 1. The minimum Gasteiger partial charge on any atom is -0.297 e. The minimum absolute atomic E-state index is 0.533. The molecule has 0 bridgehead atoms. The number of hydrogen-bond donors (Lipinski definition) is 0. The zero-order valence-corrected chi connectivity index (χ0v) is 11.7. The average Bonchev–Trinajstić information content (AvgIpc) is 2.96. The molecule has 3 heteroatoms. The lowest BCUT2D eigenvalue weighted by atomic mass is 10.1. The quantitative estimate of drug-likeness (QED) is 0.812. The van der Waals surface area contributed by atoms with Gasteiger partial charge in [0, 0.05) is 10.4 Å². The van der Waals surface area contributed by atoms with E-state index >= 15 is 0 Å². The van der Waals surface area contributed by atoms with E-state index in [4.69, 9.17) is 4.98 Å². The topological polar surface area (TPSA) is 16.1 Å². The van der Waals surface area contributed by atoms with Gasteiger partial charge in [-0.05, 0) is 33.4 Å². The molecule has 0 spiro atoms. The van der Waals surface area contributed by atoms with Crippen LogP contribution in [0.1, 0.15) is 28.8 Å². The molecule has 18 heavy (non-hydrogen) atoms. The zero-order valence-electron chi connectivity index (χ0n) is 10.9. The predicted octanol–water partition coefficient (Wildman–Crippen LogP) is 3.89. The van der Waals surface area contributed by atoms with Gasteiger partial charge in [0.1, 0.15) is 5.01 Å². The average molecular weight is 258 g/mol. The Labute approximate surface area is 112 Å². The van der Waals surface area contributed by atoms with E-state index in [0.29, 0.717) is 6.04 Å². The van der Waals surface area contributed by atoms with E-state index < -0.39 is 0 Å². The third-order valence-corrected chi connectivity index (χ3v) is 4.74. The smallest absolute Gasteiger partial charge is 0.111 e. The maximum atomic E-state index is 4.89. The first-order valence-corrected chi connectivity index (χ1v) is 7.30.